The first-order chi connectivity index (χ1) is 12.9. The molecule has 1 atom stereocenters. The summed E-state index contributed by atoms with van der Waals surface area (Å²) in [5, 5.41) is 8.07. The molecule has 0 spiro atoms. The molecule has 2 heterocycles. The van der Waals surface area contributed by atoms with E-state index in [0.717, 1.165) is 5.56 Å². The molecule has 0 saturated carbocycles. The minimum atomic E-state index is -0.210. The number of rotatable bonds is 6. The summed E-state index contributed by atoms with van der Waals surface area (Å²) in [5.74, 6) is -0.296. The number of benzene rings is 1. The van der Waals surface area contributed by atoms with Gasteiger partial charge in [-0.2, -0.15) is 0 Å². The molecule has 3 rings (SSSR count). The van der Waals surface area contributed by atoms with E-state index in [1.54, 1.807) is 28.8 Å². The molecule has 0 bridgehead atoms. The van der Waals surface area contributed by atoms with Gasteiger partial charge in [0.25, 0.3) is 5.91 Å². The quantitative estimate of drug-likeness (QED) is 0.641. The summed E-state index contributed by atoms with van der Waals surface area (Å²) in [5.41, 5.74) is 2.37. The van der Waals surface area contributed by atoms with Crippen LogP contribution in [0.2, 0.25) is 0 Å². The molecule has 140 valence electrons. The number of carbonyl (C=O) groups excluding carboxylic acids is 2. The largest absolute Gasteiger partial charge is 0.349 e. The van der Waals surface area contributed by atoms with Crippen LogP contribution in [-0.2, 0) is 11.2 Å². The Morgan fingerprint density at radius 2 is 1.93 bits per heavy atom. The second kappa shape index (κ2) is 8.45. The lowest BCUT2D eigenvalue weighted by Crippen LogP contribution is -2.28. The van der Waals surface area contributed by atoms with E-state index < -0.39 is 0 Å². The summed E-state index contributed by atoms with van der Waals surface area (Å²) in [6, 6.07) is 11.0. The summed E-state index contributed by atoms with van der Waals surface area (Å²) in [4.78, 5) is 31.3. The fourth-order valence-corrected chi connectivity index (χ4v) is 4.55. The van der Waals surface area contributed by atoms with Crippen molar-refractivity contribution < 1.29 is 9.59 Å². The molecule has 0 radical (unpaired) electrons. The molecule has 27 heavy (non-hydrogen) atoms. The molecule has 5 nitrogen and oxygen atoms in total. The maximum atomic E-state index is 12.3. The number of carbonyl (C=O) groups is 2. The lowest BCUT2D eigenvalue weighted by atomic mass is 10.1. The Kier molecular flexibility index (Phi) is 6.03. The van der Waals surface area contributed by atoms with E-state index in [1.165, 1.54) is 21.1 Å². The Morgan fingerprint density at radius 1 is 1.19 bits per heavy atom. The van der Waals surface area contributed by atoms with Gasteiger partial charge in [-0.05, 0) is 44.5 Å². The Balaban J connectivity index is 1.56. The number of nitrogens with zero attached hydrogens (tertiary/aromatic N) is 1. The lowest BCUT2D eigenvalue weighted by molar-refractivity contribution is -0.121. The van der Waals surface area contributed by atoms with Crippen molar-refractivity contribution in [2.75, 3.05) is 5.32 Å². The molecule has 3 aromatic rings. The van der Waals surface area contributed by atoms with E-state index in [4.69, 9.17) is 0 Å². The number of nitrogens with one attached hydrogen (secondary N) is 2. The van der Waals surface area contributed by atoms with Gasteiger partial charge in [0, 0.05) is 20.7 Å². The maximum Gasteiger partial charge on any atom is 0.257 e. The van der Waals surface area contributed by atoms with Crippen molar-refractivity contribution in [2.24, 2.45) is 0 Å². The number of thiazole rings is 1. The van der Waals surface area contributed by atoms with E-state index in [9.17, 15) is 9.59 Å². The van der Waals surface area contributed by atoms with Gasteiger partial charge in [-0.15, -0.1) is 22.7 Å². The molecule has 0 aliphatic rings. The second-order valence-electron chi connectivity index (χ2n) is 6.30. The molecule has 1 aromatic carbocycles. The van der Waals surface area contributed by atoms with Crippen molar-refractivity contribution >= 4 is 39.6 Å². The van der Waals surface area contributed by atoms with Crippen LogP contribution in [0.25, 0.3) is 0 Å². The average molecular weight is 400 g/mol. The van der Waals surface area contributed by atoms with E-state index >= 15 is 0 Å². The van der Waals surface area contributed by atoms with Gasteiger partial charge in [-0.1, -0.05) is 18.2 Å². The summed E-state index contributed by atoms with van der Waals surface area (Å²) < 4.78 is 0. The average Bonchev–Trinajstić information content (AvgIpc) is 3.21. The summed E-state index contributed by atoms with van der Waals surface area (Å²) in [6.07, 6.45) is 0.185. The van der Waals surface area contributed by atoms with Gasteiger partial charge in [-0.3, -0.25) is 14.9 Å². The number of thiophene rings is 1. The molecule has 0 saturated heterocycles. The molecule has 0 aliphatic carbocycles. The highest BCUT2D eigenvalue weighted by Crippen LogP contribution is 2.26. The van der Waals surface area contributed by atoms with Gasteiger partial charge in [0.1, 0.15) is 0 Å². The minimum Gasteiger partial charge on any atom is -0.349 e. The van der Waals surface area contributed by atoms with Crippen LogP contribution in [0.1, 0.15) is 44.3 Å². The molecule has 2 aromatic heterocycles. The number of hydrogen-bond acceptors (Lipinski definition) is 5. The van der Waals surface area contributed by atoms with Gasteiger partial charge in [0.05, 0.1) is 18.2 Å². The van der Waals surface area contributed by atoms with Crippen molar-refractivity contribution in [2.45, 2.75) is 33.2 Å². The summed E-state index contributed by atoms with van der Waals surface area (Å²) in [7, 11) is 0. The van der Waals surface area contributed by atoms with Gasteiger partial charge in [-0.25, -0.2) is 4.98 Å². The van der Waals surface area contributed by atoms with Gasteiger partial charge in [0.15, 0.2) is 5.13 Å². The zero-order chi connectivity index (χ0) is 19.4. The van der Waals surface area contributed by atoms with Crippen molar-refractivity contribution in [1.82, 2.24) is 10.3 Å². The molecule has 2 amide bonds. The summed E-state index contributed by atoms with van der Waals surface area (Å²) >= 11 is 3.05. The number of hydrogen-bond donors (Lipinski definition) is 2. The van der Waals surface area contributed by atoms with Gasteiger partial charge in [0.2, 0.25) is 5.91 Å². The highest BCUT2D eigenvalue weighted by atomic mass is 32.1. The van der Waals surface area contributed by atoms with Crippen molar-refractivity contribution in [3.8, 4) is 0 Å². The van der Waals surface area contributed by atoms with Crippen LogP contribution in [0.4, 0.5) is 5.13 Å². The Morgan fingerprint density at radius 3 is 2.59 bits per heavy atom. The van der Waals surface area contributed by atoms with Crippen LogP contribution in [0, 0.1) is 13.8 Å². The van der Waals surface area contributed by atoms with Crippen LogP contribution in [-0.4, -0.2) is 16.8 Å². The number of aryl methyl sites for hydroxylation is 2. The molecule has 1 unspecified atom stereocenters. The number of aromatic nitrogens is 1. The predicted octanol–water partition coefficient (Wildman–Crippen LogP) is 4.49. The van der Waals surface area contributed by atoms with Crippen LogP contribution < -0.4 is 10.6 Å². The smallest absolute Gasteiger partial charge is 0.257 e. The lowest BCUT2D eigenvalue weighted by Gasteiger charge is -2.13. The van der Waals surface area contributed by atoms with Gasteiger partial charge < -0.3 is 5.32 Å². The third kappa shape index (κ3) is 5.02. The van der Waals surface area contributed by atoms with Crippen LogP contribution in [0.5, 0.6) is 0 Å². The Labute approximate surface area is 166 Å². The van der Waals surface area contributed by atoms with Crippen LogP contribution in [0.3, 0.4) is 0 Å². The first-order valence-corrected chi connectivity index (χ1v) is 10.3. The van der Waals surface area contributed by atoms with Crippen molar-refractivity contribution in [3.63, 3.8) is 0 Å². The minimum absolute atomic E-state index is 0.0432. The highest BCUT2D eigenvalue weighted by Gasteiger charge is 2.16. The number of amides is 2. The third-order valence-corrected chi connectivity index (χ3v) is 5.86. The fraction of sp³-hybridized carbons (Fsp3) is 0.250. The second-order valence-corrected chi connectivity index (χ2v) is 8.62. The zero-order valence-electron chi connectivity index (χ0n) is 15.4. The summed E-state index contributed by atoms with van der Waals surface area (Å²) in [6.45, 7) is 6.12. The van der Waals surface area contributed by atoms with E-state index in [1.807, 2.05) is 25.1 Å². The first-order valence-electron chi connectivity index (χ1n) is 8.59. The molecular formula is C20H21N3O2S2. The molecule has 0 aliphatic heterocycles. The number of anilines is 1. The SMILES string of the molecule is Cc1cc(C(C)NC(=O)Cc2csc(NC(=O)c3ccccc3)n2)c(C)s1. The van der Waals surface area contributed by atoms with Crippen LogP contribution >= 0.6 is 22.7 Å². The normalized spacial score (nSPS) is 11.8. The van der Waals surface area contributed by atoms with Crippen molar-refractivity contribution in [3.05, 3.63) is 68.4 Å². The molecule has 2 N–H and O–H groups in total. The van der Waals surface area contributed by atoms with E-state index in [2.05, 4.69) is 35.5 Å². The molecule has 7 heteroatoms. The Bertz CT molecular complexity index is 947. The Hall–Kier alpha value is -2.51. The first kappa shape index (κ1) is 19.3. The topological polar surface area (TPSA) is 71.1 Å². The highest BCUT2D eigenvalue weighted by molar-refractivity contribution is 7.14. The zero-order valence-corrected chi connectivity index (χ0v) is 17.0. The molecule has 0 fully saturated rings. The predicted molar refractivity (Wildman–Crippen MR) is 111 cm³/mol. The molecular weight excluding hydrogens is 378 g/mol. The van der Waals surface area contributed by atoms with Crippen LogP contribution in [0.15, 0.2) is 41.8 Å². The fourth-order valence-electron chi connectivity index (χ4n) is 2.82. The third-order valence-electron chi connectivity index (χ3n) is 4.07. The standard InChI is InChI=1S/C20H21N3O2S2/c1-12-9-17(14(3)27-12)13(2)21-18(24)10-16-11-26-20(22-16)23-19(25)15-7-5-4-6-8-15/h4-9,11,13H,10H2,1-3H3,(H,21,24)(H,22,23,25). The van der Waals surface area contributed by atoms with Crippen molar-refractivity contribution in [1.29, 1.82) is 0 Å². The van der Waals surface area contributed by atoms with E-state index in [-0.39, 0.29) is 24.3 Å². The maximum absolute atomic E-state index is 12.3. The van der Waals surface area contributed by atoms with Gasteiger partial charge >= 0.3 is 0 Å². The van der Waals surface area contributed by atoms with E-state index in [0.29, 0.717) is 16.4 Å². The monoisotopic (exact) mass is 399 g/mol.